The zero-order valence-electron chi connectivity index (χ0n) is 10.8. The molecule has 19 heavy (non-hydrogen) atoms. The Morgan fingerprint density at radius 3 is 2.74 bits per heavy atom. The van der Waals surface area contributed by atoms with E-state index in [1.807, 2.05) is 25.1 Å². The lowest BCUT2D eigenvalue weighted by Gasteiger charge is -2.12. The molecule has 0 saturated heterocycles. The lowest BCUT2D eigenvalue weighted by molar-refractivity contribution is -0.114. The van der Waals surface area contributed by atoms with Crippen LogP contribution in [0.5, 0.6) is 11.6 Å². The summed E-state index contributed by atoms with van der Waals surface area (Å²) in [4.78, 5) is 15.4. The number of aromatic nitrogens is 1. The maximum atomic E-state index is 11.1. The SMILES string of the molecule is CC(=O)Nc1ccccc1Oc1nc(C)ccc1N. The van der Waals surface area contributed by atoms with Gasteiger partial charge < -0.3 is 15.8 Å². The molecule has 0 atom stereocenters. The van der Waals surface area contributed by atoms with Gasteiger partial charge in [-0.25, -0.2) is 4.98 Å². The maximum Gasteiger partial charge on any atom is 0.242 e. The molecule has 1 heterocycles. The number of nitrogen functional groups attached to an aromatic ring is 1. The van der Waals surface area contributed by atoms with Crippen molar-refractivity contribution in [1.82, 2.24) is 4.98 Å². The number of carbonyl (C=O) groups excluding carboxylic acids is 1. The minimum Gasteiger partial charge on any atom is -0.435 e. The summed E-state index contributed by atoms with van der Waals surface area (Å²) in [6.07, 6.45) is 0. The molecule has 5 heteroatoms. The number of amides is 1. The highest BCUT2D eigenvalue weighted by molar-refractivity contribution is 5.90. The second kappa shape index (κ2) is 5.39. The van der Waals surface area contributed by atoms with E-state index in [4.69, 9.17) is 10.5 Å². The number of hydrogen-bond donors (Lipinski definition) is 2. The molecule has 0 radical (unpaired) electrons. The number of para-hydroxylation sites is 2. The second-order valence-electron chi connectivity index (χ2n) is 4.13. The first-order chi connectivity index (χ1) is 9.06. The third-order valence-corrected chi connectivity index (χ3v) is 2.43. The zero-order valence-corrected chi connectivity index (χ0v) is 10.8. The third kappa shape index (κ3) is 3.22. The first-order valence-electron chi connectivity index (χ1n) is 5.84. The molecular formula is C14H15N3O2. The summed E-state index contributed by atoms with van der Waals surface area (Å²) >= 11 is 0. The van der Waals surface area contributed by atoms with Gasteiger partial charge in [-0.1, -0.05) is 12.1 Å². The van der Waals surface area contributed by atoms with Crippen molar-refractivity contribution in [3.05, 3.63) is 42.1 Å². The van der Waals surface area contributed by atoms with Crippen molar-refractivity contribution in [3.63, 3.8) is 0 Å². The summed E-state index contributed by atoms with van der Waals surface area (Å²) in [6, 6.07) is 10.7. The van der Waals surface area contributed by atoms with Crippen LogP contribution in [0.4, 0.5) is 11.4 Å². The zero-order chi connectivity index (χ0) is 13.8. The Labute approximate surface area is 111 Å². The van der Waals surface area contributed by atoms with Crippen LogP contribution in [0.1, 0.15) is 12.6 Å². The Morgan fingerprint density at radius 2 is 2.00 bits per heavy atom. The Hall–Kier alpha value is -2.56. The van der Waals surface area contributed by atoms with Gasteiger partial charge in [0.2, 0.25) is 11.8 Å². The van der Waals surface area contributed by atoms with Gasteiger partial charge in [-0.05, 0) is 31.2 Å². The van der Waals surface area contributed by atoms with Crippen LogP contribution >= 0.6 is 0 Å². The molecule has 3 N–H and O–H groups in total. The van der Waals surface area contributed by atoms with Gasteiger partial charge in [0, 0.05) is 12.6 Å². The van der Waals surface area contributed by atoms with Crippen molar-refractivity contribution in [3.8, 4) is 11.6 Å². The van der Waals surface area contributed by atoms with E-state index in [-0.39, 0.29) is 5.91 Å². The molecule has 2 aromatic rings. The Bertz CT molecular complexity index is 611. The fraction of sp³-hybridized carbons (Fsp3) is 0.143. The van der Waals surface area contributed by atoms with Crippen LogP contribution in [-0.4, -0.2) is 10.9 Å². The lowest BCUT2D eigenvalue weighted by atomic mass is 10.3. The van der Waals surface area contributed by atoms with E-state index < -0.39 is 0 Å². The van der Waals surface area contributed by atoms with Crippen molar-refractivity contribution in [2.75, 3.05) is 11.1 Å². The number of benzene rings is 1. The number of nitrogens with zero attached hydrogens (tertiary/aromatic N) is 1. The van der Waals surface area contributed by atoms with Crippen molar-refractivity contribution < 1.29 is 9.53 Å². The first-order valence-corrected chi connectivity index (χ1v) is 5.84. The number of ether oxygens (including phenoxy) is 1. The van der Waals surface area contributed by atoms with E-state index in [0.29, 0.717) is 23.0 Å². The van der Waals surface area contributed by atoms with Gasteiger partial charge in [-0.2, -0.15) is 0 Å². The standard InChI is InChI=1S/C14H15N3O2/c1-9-7-8-11(15)14(16-9)19-13-6-4-3-5-12(13)17-10(2)18/h3-8H,15H2,1-2H3,(H,17,18). The Balaban J connectivity index is 2.32. The predicted molar refractivity (Wildman–Crippen MR) is 74.2 cm³/mol. The number of pyridine rings is 1. The molecule has 0 spiro atoms. The van der Waals surface area contributed by atoms with Crippen molar-refractivity contribution in [1.29, 1.82) is 0 Å². The van der Waals surface area contributed by atoms with Gasteiger partial charge in [-0.15, -0.1) is 0 Å². The molecule has 1 amide bonds. The monoisotopic (exact) mass is 257 g/mol. The molecule has 0 unspecified atom stereocenters. The third-order valence-electron chi connectivity index (χ3n) is 2.43. The average molecular weight is 257 g/mol. The first kappa shape index (κ1) is 12.9. The predicted octanol–water partition coefficient (Wildman–Crippen LogP) is 2.72. The Morgan fingerprint density at radius 1 is 1.26 bits per heavy atom. The van der Waals surface area contributed by atoms with Gasteiger partial charge in [0.25, 0.3) is 0 Å². The van der Waals surface area contributed by atoms with Crippen molar-refractivity contribution >= 4 is 17.3 Å². The van der Waals surface area contributed by atoms with E-state index in [9.17, 15) is 4.79 Å². The summed E-state index contributed by atoms with van der Waals surface area (Å²) in [5, 5.41) is 2.70. The summed E-state index contributed by atoms with van der Waals surface area (Å²) < 4.78 is 5.67. The molecule has 98 valence electrons. The van der Waals surface area contributed by atoms with Crippen LogP contribution in [0.3, 0.4) is 0 Å². The van der Waals surface area contributed by atoms with Crippen LogP contribution in [0, 0.1) is 6.92 Å². The molecule has 1 aromatic heterocycles. The molecule has 0 fully saturated rings. The van der Waals surface area contributed by atoms with Gasteiger partial charge in [0.05, 0.1) is 11.4 Å². The van der Waals surface area contributed by atoms with Crippen LogP contribution in [-0.2, 0) is 4.79 Å². The van der Waals surface area contributed by atoms with Crippen molar-refractivity contribution in [2.45, 2.75) is 13.8 Å². The summed E-state index contributed by atoms with van der Waals surface area (Å²) in [5.74, 6) is 0.668. The highest BCUT2D eigenvalue weighted by Gasteiger charge is 2.09. The van der Waals surface area contributed by atoms with Gasteiger partial charge in [-0.3, -0.25) is 4.79 Å². The van der Waals surface area contributed by atoms with Gasteiger partial charge in [0.15, 0.2) is 5.75 Å². The van der Waals surface area contributed by atoms with Crippen LogP contribution in [0.15, 0.2) is 36.4 Å². The van der Waals surface area contributed by atoms with Crippen LogP contribution in [0.25, 0.3) is 0 Å². The van der Waals surface area contributed by atoms with Crippen molar-refractivity contribution in [2.24, 2.45) is 0 Å². The molecule has 0 aliphatic heterocycles. The fourth-order valence-electron chi connectivity index (χ4n) is 1.58. The number of carbonyl (C=O) groups is 1. The smallest absolute Gasteiger partial charge is 0.242 e. The molecule has 5 nitrogen and oxygen atoms in total. The quantitative estimate of drug-likeness (QED) is 0.886. The minimum absolute atomic E-state index is 0.166. The number of anilines is 2. The van der Waals surface area contributed by atoms with E-state index in [0.717, 1.165) is 5.69 Å². The average Bonchev–Trinajstić information content (AvgIpc) is 2.35. The summed E-state index contributed by atoms with van der Waals surface area (Å²) in [5.41, 5.74) is 7.65. The molecule has 2 rings (SSSR count). The Kier molecular flexibility index (Phi) is 3.66. The molecule has 0 bridgehead atoms. The second-order valence-corrected chi connectivity index (χ2v) is 4.13. The molecule has 1 aromatic carbocycles. The van der Waals surface area contributed by atoms with E-state index in [2.05, 4.69) is 10.3 Å². The largest absolute Gasteiger partial charge is 0.435 e. The highest BCUT2D eigenvalue weighted by Crippen LogP contribution is 2.31. The van der Waals surface area contributed by atoms with Crippen LogP contribution < -0.4 is 15.8 Å². The number of rotatable bonds is 3. The number of aryl methyl sites for hydroxylation is 1. The molecule has 0 aliphatic rings. The summed E-state index contributed by atoms with van der Waals surface area (Å²) in [6.45, 7) is 3.29. The highest BCUT2D eigenvalue weighted by atomic mass is 16.5. The fourth-order valence-corrected chi connectivity index (χ4v) is 1.58. The topological polar surface area (TPSA) is 77.2 Å². The van der Waals surface area contributed by atoms with E-state index in [1.54, 1.807) is 18.2 Å². The van der Waals surface area contributed by atoms with E-state index >= 15 is 0 Å². The summed E-state index contributed by atoms with van der Waals surface area (Å²) in [7, 11) is 0. The number of nitrogens with two attached hydrogens (primary N) is 1. The molecule has 0 saturated carbocycles. The lowest BCUT2D eigenvalue weighted by Crippen LogP contribution is -2.07. The minimum atomic E-state index is -0.166. The van der Waals surface area contributed by atoms with E-state index in [1.165, 1.54) is 6.92 Å². The normalized spacial score (nSPS) is 10.0. The van der Waals surface area contributed by atoms with Gasteiger partial charge >= 0.3 is 0 Å². The van der Waals surface area contributed by atoms with Gasteiger partial charge in [0.1, 0.15) is 0 Å². The van der Waals surface area contributed by atoms with Crippen LogP contribution in [0.2, 0.25) is 0 Å². The number of nitrogens with one attached hydrogen (secondary N) is 1. The molecular weight excluding hydrogens is 242 g/mol. The number of hydrogen-bond acceptors (Lipinski definition) is 4. The maximum absolute atomic E-state index is 11.1. The molecule has 0 aliphatic carbocycles.